The number of hydrogen-bond donors (Lipinski definition) is 2. The zero-order valence-corrected chi connectivity index (χ0v) is 11.7. The number of nitrogens with one attached hydrogen (secondary N) is 1. The van der Waals surface area contributed by atoms with Crippen molar-refractivity contribution in [2.75, 3.05) is 5.32 Å². The molecule has 0 fully saturated rings. The van der Waals surface area contributed by atoms with E-state index < -0.39 is 5.97 Å². The highest BCUT2D eigenvalue weighted by atomic mass is 35.5. The van der Waals surface area contributed by atoms with Gasteiger partial charge in [0.1, 0.15) is 6.54 Å². The SMILES string of the molecule is Cc1cn(CC(=O)O)nc1NCc1ccc(F)s1.Cl. The van der Waals surface area contributed by atoms with Crippen LogP contribution < -0.4 is 5.32 Å². The Bertz CT molecular complexity index is 570. The number of thiophene rings is 1. The van der Waals surface area contributed by atoms with Gasteiger partial charge in [-0.1, -0.05) is 0 Å². The van der Waals surface area contributed by atoms with Gasteiger partial charge in [-0.2, -0.15) is 9.49 Å². The van der Waals surface area contributed by atoms with Crippen molar-refractivity contribution in [3.63, 3.8) is 0 Å². The highest BCUT2D eigenvalue weighted by molar-refractivity contribution is 7.10. The van der Waals surface area contributed by atoms with E-state index >= 15 is 0 Å². The van der Waals surface area contributed by atoms with E-state index in [4.69, 9.17) is 5.11 Å². The molecule has 2 aromatic rings. The predicted octanol–water partition coefficient (Wildman–Crippen LogP) is 2.51. The zero-order valence-electron chi connectivity index (χ0n) is 10.1. The highest BCUT2D eigenvalue weighted by Crippen LogP contribution is 2.17. The number of anilines is 1. The lowest BCUT2D eigenvalue weighted by Gasteiger charge is -2.01. The molecule has 104 valence electrons. The van der Waals surface area contributed by atoms with Crippen LogP contribution in [0.15, 0.2) is 18.3 Å². The summed E-state index contributed by atoms with van der Waals surface area (Å²) in [6, 6.07) is 3.12. The van der Waals surface area contributed by atoms with Gasteiger partial charge in [0.2, 0.25) is 0 Å². The monoisotopic (exact) mass is 305 g/mol. The summed E-state index contributed by atoms with van der Waals surface area (Å²) in [6.07, 6.45) is 1.66. The number of aliphatic carboxylic acids is 1. The average molecular weight is 306 g/mol. The summed E-state index contributed by atoms with van der Waals surface area (Å²) < 4.78 is 14.1. The number of halogens is 2. The number of carboxylic acids is 1. The van der Waals surface area contributed by atoms with Crippen LogP contribution in [0.5, 0.6) is 0 Å². The van der Waals surface area contributed by atoms with Crippen molar-refractivity contribution in [3.05, 3.63) is 33.9 Å². The lowest BCUT2D eigenvalue weighted by molar-refractivity contribution is -0.137. The van der Waals surface area contributed by atoms with Gasteiger partial charge in [0.05, 0.1) is 6.54 Å². The van der Waals surface area contributed by atoms with Gasteiger partial charge >= 0.3 is 5.97 Å². The fourth-order valence-corrected chi connectivity index (χ4v) is 2.20. The molecule has 2 heterocycles. The first kappa shape index (κ1) is 15.5. The minimum atomic E-state index is -0.940. The summed E-state index contributed by atoms with van der Waals surface area (Å²) in [5, 5.41) is 15.6. The van der Waals surface area contributed by atoms with Gasteiger partial charge in [0.15, 0.2) is 10.9 Å². The molecule has 0 atom stereocenters. The van der Waals surface area contributed by atoms with E-state index in [1.807, 2.05) is 6.92 Å². The van der Waals surface area contributed by atoms with Crippen molar-refractivity contribution in [2.45, 2.75) is 20.0 Å². The first-order valence-electron chi connectivity index (χ1n) is 5.28. The Morgan fingerprint density at radius 3 is 2.89 bits per heavy atom. The van der Waals surface area contributed by atoms with E-state index in [1.165, 1.54) is 10.7 Å². The molecular weight excluding hydrogens is 293 g/mol. The van der Waals surface area contributed by atoms with E-state index in [0.717, 1.165) is 21.8 Å². The van der Waals surface area contributed by atoms with Crippen molar-refractivity contribution in [1.82, 2.24) is 9.78 Å². The molecule has 0 aliphatic carbocycles. The largest absolute Gasteiger partial charge is 0.480 e. The number of aromatic nitrogens is 2. The second-order valence-electron chi connectivity index (χ2n) is 3.81. The maximum atomic E-state index is 12.8. The van der Waals surface area contributed by atoms with Gasteiger partial charge in [-0.15, -0.1) is 23.7 Å². The van der Waals surface area contributed by atoms with E-state index in [2.05, 4.69) is 10.4 Å². The first-order chi connectivity index (χ1) is 8.54. The van der Waals surface area contributed by atoms with Crippen LogP contribution in [0.25, 0.3) is 0 Å². The smallest absolute Gasteiger partial charge is 0.325 e. The van der Waals surface area contributed by atoms with Crippen LogP contribution in [-0.2, 0) is 17.9 Å². The minimum absolute atomic E-state index is 0. The van der Waals surface area contributed by atoms with E-state index in [9.17, 15) is 9.18 Å². The fourth-order valence-electron chi connectivity index (χ4n) is 1.53. The van der Waals surface area contributed by atoms with Gasteiger partial charge in [-0.25, -0.2) is 0 Å². The molecule has 0 aromatic carbocycles. The van der Waals surface area contributed by atoms with Crippen molar-refractivity contribution >= 4 is 35.5 Å². The molecule has 2 N–H and O–H groups in total. The maximum absolute atomic E-state index is 12.8. The van der Waals surface area contributed by atoms with Gasteiger partial charge in [-0.3, -0.25) is 9.48 Å². The number of rotatable bonds is 5. The average Bonchev–Trinajstić information content (AvgIpc) is 2.82. The molecule has 0 spiro atoms. The Labute approximate surface area is 119 Å². The van der Waals surface area contributed by atoms with Crippen LogP contribution in [0.4, 0.5) is 10.2 Å². The van der Waals surface area contributed by atoms with Crippen LogP contribution in [-0.4, -0.2) is 20.9 Å². The summed E-state index contributed by atoms with van der Waals surface area (Å²) in [6.45, 7) is 2.14. The third kappa shape index (κ3) is 4.22. The third-order valence-electron chi connectivity index (χ3n) is 2.30. The second-order valence-corrected chi connectivity index (χ2v) is 4.93. The summed E-state index contributed by atoms with van der Waals surface area (Å²) in [7, 11) is 0. The molecule has 0 aliphatic rings. The Kier molecular flexibility index (Phi) is 5.31. The number of hydrogen-bond acceptors (Lipinski definition) is 4. The summed E-state index contributed by atoms with van der Waals surface area (Å²) in [5.41, 5.74) is 0.855. The molecule has 0 amide bonds. The van der Waals surface area contributed by atoms with Gasteiger partial charge in [-0.05, 0) is 19.1 Å². The van der Waals surface area contributed by atoms with Gasteiger partial charge in [0.25, 0.3) is 0 Å². The maximum Gasteiger partial charge on any atom is 0.325 e. The number of aryl methyl sites for hydroxylation is 1. The second kappa shape index (κ2) is 6.53. The molecule has 5 nitrogen and oxygen atoms in total. The Balaban J connectivity index is 0.00000180. The van der Waals surface area contributed by atoms with E-state index in [-0.39, 0.29) is 24.1 Å². The van der Waals surface area contributed by atoms with Gasteiger partial charge in [0, 0.05) is 16.6 Å². The fraction of sp³-hybridized carbons (Fsp3) is 0.273. The molecule has 0 saturated heterocycles. The van der Waals surface area contributed by atoms with Crippen LogP contribution in [0.2, 0.25) is 0 Å². The molecule has 0 unspecified atom stereocenters. The quantitative estimate of drug-likeness (QED) is 0.890. The zero-order chi connectivity index (χ0) is 13.1. The Morgan fingerprint density at radius 1 is 1.58 bits per heavy atom. The Hall–Kier alpha value is -1.60. The molecule has 0 bridgehead atoms. The first-order valence-corrected chi connectivity index (χ1v) is 6.10. The summed E-state index contributed by atoms with van der Waals surface area (Å²) in [4.78, 5) is 11.4. The lowest BCUT2D eigenvalue weighted by atomic mass is 10.3. The molecular formula is C11H13ClFN3O2S. The van der Waals surface area contributed by atoms with Crippen molar-refractivity contribution in [1.29, 1.82) is 0 Å². The summed E-state index contributed by atoms with van der Waals surface area (Å²) in [5.74, 6) is -0.325. The van der Waals surface area contributed by atoms with Crippen LogP contribution in [0.1, 0.15) is 10.4 Å². The summed E-state index contributed by atoms with van der Waals surface area (Å²) >= 11 is 1.07. The minimum Gasteiger partial charge on any atom is -0.480 e. The third-order valence-corrected chi connectivity index (χ3v) is 3.17. The molecule has 0 aliphatic heterocycles. The van der Waals surface area contributed by atoms with E-state index in [0.29, 0.717) is 12.4 Å². The highest BCUT2D eigenvalue weighted by Gasteiger charge is 2.07. The molecule has 2 rings (SSSR count). The van der Waals surface area contributed by atoms with Crippen molar-refractivity contribution in [2.24, 2.45) is 0 Å². The molecule has 0 radical (unpaired) electrons. The Morgan fingerprint density at radius 2 is 2.32 bits per heavy atom. The number of carboxylic acid groups (broad SMARTS) is 1. The standard InChI is InChI=1S/C11H12FN3O2S.ClH/c1-7-5-15(6-10(16)17)14-11(7)13-4-8-2-3-9(12)18-8;/h2-3,5H,4,6H2,1H3,(H,13,14)(H,16,17);1H. The molecule has 2 aromatic heterocycles. The van der Waals surface area contributed by atoms with Crippen LogP contribution in [0.3, 0.4) is 0 Å². The van der Waals surface area contributed by atoms with Gasteiger partial charge < -0.3 is 10.4 Å². The van der Waals surface area contributed by atoms with E-state index in [1.54, 1.807) is 12.3 Å². The van der Waals surface area contributed by atoms with Crippen molar-refractivity contribution in [3.8, 4) is 0 Å². The molecule has 0 saturated carbocycles. The topological polar surface area (TPSA) is 67.2 Å². The molecule has 8 heteroatoms. The number of carbonyl (C=O) groups is 1. The predicted molar refractivity (Wildman–Crippen MR) is 73.5 cm³/mol. The normalized spacial score (nSPS) is 10.0. The van der Waals surface area contributed by atoms with Crippen molar-refractivity contribution < 1.29 is 14.3 Å². The number of nitrogens with zero attached hydrogens (tertiary/aromatic N) is 2. The lowest BCUT2D eigenvalue weighted by Crippen LogP contribution is -2.09. The molecule has 19 heavy (non-hydrogen) atoms. The van der Waals surface area contributed by atoms with Crippen LogP contribution >= 0.6 is 23.7 Å². The van der Waals surface area contributed by atoms with Crippen LogP contribution in [0, 0.1) is 12.1 Å².